The monoisotopic (exact) mass is 252 g/mol. The number of carbonyl (C=O) groups excluding carboxylic acids is 1. The number of rotatable bonds is 4. The molecule has 1 saturated carbocycles. The van der Waals surface area contributed by atoms with Gasteiger partial charge in [-0.2, -0.15) is 0 Å². The molecule has 2 fully saturated rings. The van der Waals surface area contributed by atoms with Gasteiger partial charge in [0, 0.05) is 19.1 Å². The normalized spacial score (nSPS) is 25.1. The van der Waals surface area contributed by atoms with Crippen molar-refractivity contribution in [1.82, 2.24) is 10.2 Å². The Morgan fingerprint density at radius 2 is 1.67 bits per heavy atom. The predicted octanol–water partition coefficient (Wildman–Crippen LogP) is 2.56. The molecule has 2 unspecified atom stereocenters. The maximum atomic E-state index is 12.2. The lowest BCUT2D eigenvalue weighted by Gasteiger charge is -2.31. The van der Waals surface area contributed by atoms with E-state index < -0.39 is 0 Å². The standard InChI is InChI=1S/C15H28N2O/c1-12(14-8-4-3-5-9-14)16-13(2)15(18)17-10-6-7-11-17/h12-14,16H,3-11H2,1-2H3. The largest absolute Gasteiger partial charge is 0.341 e. The lowest BCUT2D eigenvalue weighted by Crippen LogP contribution is -2.49. The summed E-state index contributed by atoms with van der Waals surface area (Å²) in [6.07, 6.45) is 9.15. The van der Waals surface area contributed by atoms with Crippen molar-refractivity contribution in [3.63, 3.8) is 0 Å². The van der Waals surface area contributed by atoms with E-state index in [9.17, 15) is 4.79 Å². The van der Waals surface area contributed by atoms with E-state index in [0.29, 0.717) is 11.9 Å². The van der Waals surface area contributed by atoms with E-state index in [1.54, 1.807) is 0 Å². The summed E-state index contributed by atoms with van der Waals surface area (Å²) < 4.78 is 0. The molecule has 0 spiro atoms. The molecular weight excluding hydrogens is 224 g/mol. The highest BCUT2D eigenvalue weighted by atomic mass is 16.2. The van der Waals surface area contributed by atoms with E-state index in [2.05, 4.69) is 12.2 Å². The molecule has 2 atom stereocenters. The molecule has 0 radical (unpaired) electrons. The number of hydrogen-bond acceptors (Lipinski definition) is 2. The lowest BCUT2D eigenvalue weighted by atomic mass is 9.84. The van der Waals surface area contributed by atoms with Crippen LogP contribution in [0.4, 0.5) is 0 Å². The van der Waals surface area contributed by atoms with Gasteiger partial charge in [-0.05, 0) is 45.4 Å². The van der Waals surface area contributed by atoms with E-state index in [1.165, 1.54) is 44.9 Å². The van der Waals surface area contributed by atoms with Crippen LogP contribution in [0.2, 0.25) is 0 Å². The van der Waals surface area contributed by atoms with Crippen LogP contribution in [0.15, 0.2) is 0 Å². The summed E-state index contributed by atoms with van der Waals surface area (Å²) >= 11 is 0. The van der Waals surface area contributed by atoms with Crippen LogP contribution in [0.5, 0.6) is 0 Å². The molecule has 1 aliphatic heterocycles. The van der Waals surface area contributed by atoms with Crippen molar-refractivity contribution < 1.29 is 4.79 Å². The van der Waals surface area contributed by atoms with Crippen LogP contribution >= 0.6 is 0 Å². The summed E-state index contributed by atoms with van der Waals surface area (Å²) in [6.45, 7) is 6.20. The van der Waals surface area contributed by atoms with Crippen LogP contribution in [0.1, 0.15) is 58.8 Å². The Hall–Kier alpha value is -0.570. The molecular formula is C15H28N2O. The van der Waals surface area contributed by atoms with E-state index in [4.69, 9.17) is 0 Å². The minimum absolute atomic E-state index is 0.0139. The first-order chi connectivity index (χ1) is 8.68. The smallest absolute Gasteiger partial charge is 0.239 e. The van der Waals surface area contributed by atoms with Gasteiger partial charge in [0.2, 0.25) is 5.91 Å². The molecule has 0 bridgehead atoms. The highest BCUT2D eigenvalue weighted by molar-refractivity contribution is 5.81. The quantitative estimate of drug-likeness (QED) is 0.834. The fourth-order valence-electron chi connectivity index (χ4n) is 3.45. The first-order valence-electron chi connectivity index (χ1n) is 7.73. The second kappa shape index (κ2) is 6.55. The summed E-state index contributed by atoms with van der Waals surface area (Å²) in [7, 11) is 0. The fourth-order valence-corrected chi connectivity index (χ4v) is 3.45. The van der Waals surface area contributed by atoms with Crippen molar-refractivity contribution in [3.05, 3.63) is 0 Å². The molecule has 0 aromatic heterocycles. The molecule has 18 heavy (non-hydrogen) atoms. The summed E-state index contributed by atoms with van der Waals surface area (Å²) in [5.41, 5.74) is 0. The van der Waals surface area contributed by atoms with Crippen molar-refractivity contribution in [1.29, 1.82) is 0 Å². The maximum Gasteiger partial charge on any atom is 0.239 e. The molecule has 2 aliphatic rings. The highest BCUT2D eigenvalue weighted by Crippen LogP contribution is 2.26. The molecule has 1 N–H and O–H groups in total. The number of likely N-dealkylation sites (tertiary alicyclic amines) is 1. The minimum Gasteiger partial charge on any atom is -0.341 e. The van der Waals surface area contributed by atoms with Gasteiger partial charge in [-0.25, -0.2) is 0 Å². The van der Waals surface area contributed by atoms with Gasteiger partial charge < -0.3 is 10.2 Å². The van der Waals surface area contributed by atoms with Gasteiger partial charge >= 0.3 is 0 Å². The van der Waals surface area contributed by atoms with Crippen LogP contribution in [-0.2, 0) is 4.79 Å². The van der Waals surface area contributed by atoms with Crippen LogP contribution in [0.25, 0.3) is 0 Å². The van der Waals surface area contributed by atoms with Crippen LogP contribution in [-0.4, -0.2) is 36.0 Å². The van der Waals surface area contributed by atoms with Crippen molar-refractivity contribution >= 4 is 5.91 Å². The number of carbonyl (C=O) groups is 1. The Morgan fingerprint density at radius 3 is 2.28 bits per heavy atom. The Morgan fingerprint density at radius 1 is 1.06 bits per heavy atom. The zero-order valence-corrected chi connectivity index (χ0v) is 12.0. The van der Waals surface area contributed by atoms with Crippen LogP contribution in [0, 0.1) is 5.92 Å². The number of hydrogen-bond donors (Lipinski definition) is 1. The number of nitrogens with zero attached hydrogens (tertiary/aromatic N) is 1. The van der Waals surface area contributed by atoms with Crippen molar-refractivity contribution in [2.24, 2.45) is 5.92 Å². The Kier molecular flexibility index (Phi) is 5.04. The van der Waals surface area contributed by atoms with E-state index >= 15 is 0 Å². The Bertz CT molecular complexity index is 268. The average molecular weight is 252 g/mol. The topological polar surface area (TPSA) is 32.3 Å². The van der Waals surface area contributed by atoms with Gasteiger partial charge in [-0.3, -0.25) is 4.79 Å². The summed E-state index contributed by atoms with van der Waals surface area (Å²) in [4.78, 5) is 14.2. The second-order valence-electron chi connectivity index (χ2n) is 6.11. The zero-order valence-electron chi connectivity index (χ0n) is 12.0. The second-order valence-corrected chi connectivity index (χ2v) is 6.11. The maximum absolute atomic E-state index is 12.2. The van der Waals surface area contributed by atoms with Crippen molar-refractivity contribution in [3.8, 4) is 0 Å². The third kappa shape index (κ3) is 3.47. The summed E-state index contributed by atoms with van der Waals surface area (Å²) in [5, 5.41) is 3.54. The van der Waals surface area contributed by atoms with Gasteiger partial charge in [-0.15, -0.1) is 0 Å². The van der Waals surface area contributed by atoms with Gasteiger partial charge in [0.15, 0.2) is 0 Å². The highest BCUT2D eigenvalue weighted by Gasteiger charge is 2.27. The number of nitrogens with one attached hydrogen (secondary N) is 1. The summed E-state index contributed by atoms with van der Waals surface area (Å²) in [5.74, 6) is 1.07. The average Bonchev–Trinajstić information content (AvgIpc) is 2.92. The van der Waals surface area contributed by atoms with Gasteiger partial charge in [0.1, 0.15) is 0 Å². The molecule has 1 heterocycles. The zero-order chi connectivity index (χ0) is 13.0. The molecule has 3 nitrogen and oxygen atoms in total. The molecule has 104 valence electrons. The third-order valence-corrected chi connectivity index (χ3v) is 4.66. The van der Waals surface area contributed by atoms with Crippen LogP contribution in [0.3, 0.4) is 0 Å². The first kappa shape index (κ1) is 13.9. The molecule has 0 aromatic rings. The molecule has 0 aromatic carbocycles. The molecule has 1 amide bonds. The van der Waals surface area contributed by atoms with E-state index in [-0.39, 0.29) is 6.04 Å². The van der Waals surface area contributed by atoms with Gasteiger partial charge in [-0.1, -0.05) is 19.3 Å². The molecule has 1 saturated heterocycles. The molecule has 1 aliphatic carbocycles. The minimum atomic E-state index is -0.0139. The van der Waals surface area contributed by atoms with Crippen molar-refractivity contribution in [2.45, 2.75) is 70.9 Å². The Balaban J connectivity index is 1.78. The molecule has 2 rings (SSSR count). The predicted molar refractivity (Wildman–Crippen MR) is 74.4 cm³/mol. The van der Waals surface area contributed by atoms with Crippen LogP contribution < -0.4 is 5.32 Å². The van der Waals surface area contributed by atoms with Crippen molar-refractivity contribution in [2.75, 3.05) is 13.1 Å². The SMILES string of the molecule is CC(NC(C)C1CCCCC1)C(=O)N1CCCC1. The van der Waals surface area contributed by atoms with E-state index in [0.717, 1.165) is 19.0 Å². The number of amides is 1. The van der Waals surface area contributed by atoms with Gasteiger partial charge in [0.05, 0.1) is 6.04 Å². The van der Waals surface area contributed by atoms with E-state index in [1.807, 2.05) is 11.8 Å². The Labute approximate surface area is 111 Å². The van der Waals surface area contributed by atoms with Gasteiger partial charge in [0.25, 0.3) is 0 Å². The first-order valence-corrected chi connectivity index (χ1v) is 7.73. The lowest BCUT2D eigenvalue weighted by molar-refractivity contribution is -0.132. The fraction of sp³-hybridized carbons (Fsp3) is 0.933. The summed E-state index contributed by atoms with van der Waals surface area (Å²) in [6, 6.07) is 0.465. The molecule has 3 heteroatoms. The third-order valence-electron chi connectivity index (χ3n) is 4.66.